The Morgan fingerprint density at radius 1 is 0.926 bits per heavy atom. The van der Waals surface area contributed by atoms with E-state index in [1.807, 2.05) is 41.3 Å². The molecule has 0 atom stereocenters. The number of sulfone groups is 1. The van der Waals surface area contributed by atoms with Crippen LogP contribution in [0.4, 0.5) is 0 Å². The van der Waals surface area contributed by atoms with Crippen LogP contribution in [0.15, 0.2) is 54.6 Å². The highest BCUT2D eigenvalue weighted by Crippen LogP contribution is 2.26. The fourth-order valence-electron chi connectivity index (χ4n) is 3.46. The van der Waals surface area contributed by atoms with Crippen molar-refractivity contribution >= 4 is 37.4 Å². The highest BCUT2D eigenvalue weighted by Gasteiger charge is 2.21. The average molecular weight is 383 g/mol. The maximum absolute atomic E-state index is 12.6. The minimum absolute atomic E-state index is 0.178. The monoisotopic (exact) mass is 383 g/mol. The van der Waals surface area contributed by atoms with Crippen molar-refractivity contribution in [3.05, 3.63) is 60.2 Å². The summed E-state index contributed by atoms with van der Waals surface area (Å²) in [6, 6.07) is 17.8. The van der Waals surface area contributed by atoms with Crippen LogP contribution in [0.1, 0.15) is 10.4 Å². The molecule has 0 bridgehead atoms. The molecule has 0 unspecified atom stereocenters. The minimum Gasteiger partial charge on any atom is -0.461 e. The summed E-state index contributed by atoms with van der Waals surface area (Å²) < 4.78 is 28.4. The topological polar surface area (TPSA) is 63.7 Å². The zero-order valence-electron chi connectivity index (χ0n) is 14.9. The summed E-state index contributed by atoms with van der Waals surface area (Å²) in [6.07, 6.45) is 0. The summed E-state index contributed by atoms with van der Waals surface area (Å²) in [5.74, 6) is 0.00909. The Kier molecular flexibility index (Phi) is 4.85. The number of hydrogen-bond acceptors (Lipinski definition) is 5. The molecule has 0 N–H and O–H groups in total. The lowest BCUT2D eigenvalue weighted by Crippen LogP contribution is -2.41. The number of ether oxygens (including phenoxy) is 1. The largest absolute Gasteiger partial charge is 0.461 e. The molecule has 1 aliphatic rings. The second-order valence-corrected chi connectivity index (χ2v) is 9.16. The molecule has 140 valence electrons. The van der Waals surface area contributed by atoms with Gasteiger partial charge in [-0.3, -0.25) is 4.90 Å². The summed E-state index contributed by atoms with van der Waals surface area (Å²) in [5, 5.41) is 4.10. The van der Waals surface area contributed by atoms with E-state index in [-0.39, 0.29) is 24.1 Å². The van der Waals surface area contributed by atoms with E-state index in [4.69, 9.17) is 4.74 Å². The van der Waals surface area contributed by atoms with Gasteiger partial charge in [-0.25, -0.2) is 13.2 Å². The Hall–Kier alpha value is -2.44. The van der Waals surface area contributed by atoms with Gasteiger partial charge in [-0.15, -0.1) is 0 Å². The van der Waals surface area contributed by atoms with Crippen LogP contribution in [0.5, 0.6) is 0 Å². The first kappa shape index (κ1) is 17.9. The van der Waals surface area contributed by atoms with E-state index in [0.29, 0.717) is 25.2 Å². The SMILES string of the molecule is O=C(OCCN1CCS(=O)(=O)CC1)c1cccc2cc3ccccc3cc12. The van der Waals surface area contributed by atoms with Crippen LogP contribution in [0.2, 0.25) is 0 Å². The van der Waals surface area contributed by atoms with Gasteiger partial charge in [0.2, 0.25) is 0 Å². The van der Waals surface area contributed by atoms with Crippen LogP contribution < -0.4 is 0 Å². The fourth-order valence-corrected chi connectivity index (χ4v) is 4.74. The third kappa shape index (κ3) is 3.96. The smallest absolute Gasteiger partial charge is 0.338 e. The third-order valence-corrected chi connectivity index (χ3v) is 6.65. The molecule has 0 radical (unpaired) electrons. The number of rotatable bonds is 4. The Morgan fingerprint density at radius 2 is 1.59 bits per heavy atom. The van der Waals surface area contributed by atoms with Crippen molar-refractivity contribution in [3.8, 4) is 0 Å². The average Bonchev–Trinajstić information content (AvgIpc) is 2.67. The Morgan fingerprint density at radius 3 is 2.33 bits per heavy atom. The van der Waals surface area contributed by atoms with Gasteiger partial charge >= 0.3 is 5.97 Å². The van der Waals surface area contributed by atoms with Gasteiger partial charge < -0.3 is 4.74 Å². The van der Waals surface area contributed by atoms with Crippen LogP contribution in [0.3, 0.4) is 0 Å². The van der Waals surface area contributed by atoms with E-state index in [2.05, 4.69) is 12.1 Å². The number of benzene rings is 3. The number of nitrogens with zero attached hydrogens (tertiary/aromatic N) is 1. The maximum Gasteiger partial charge on any atom is 0.338 e. The molecule has 1 fully saturated rings. The van der Waals surface area contributed by atoms with Crippen LogP contribution in [-0.2, 0) is 14.6 Å². The molecular weight excluding hydrogens is 362 g/mol. The molecule has 5 nitrogen and oxygen atoms in total. The van der Waals surface area contributed by atoms with Crippen molar-refractivity contribution in [1.29, 1.82) is 0 Å². The molecule has 0 saturated carbocycles. The lowest BCUT2D eigenvalue weighted by molar-refractivity contribution is 0.0468. The highest BCUT2D eigenvalue weighted by molar-refractivity contribution is 7.91. The maximum atomic E-state index is 12.6. The van der Waals surface area contributed by atoms with E-state index in [1.165, 1.54) is 0 Å². The number of carbonyl (C=O) groups excluding carboxylic acids is 1. The molecule has 3 aromatic rings. The first-order chi connectivity index (χ1) is 13.0. The van der Waals surface area contributed by atoms with Crippen LogP contribution >= 0.6 is 0 Å². The van der Waals surface area contributed by atoms with E-state index >= 15 is 0 Å². The van der Waals surface area contributed by atoms with Gasteiger partial charge in [-0.05, 0) is 39.7 Å². The van der Waals surface area contributed by atoms with Gasteiger partial charge in [-0.1, -0.05) is 36.4 Å². The molecule has 27 heavy (non-hydrogen) atoms. The second kappa shape index (κ2) is 7.29. The molecule has 1 aliphatic heterocycles. The summed E-state index contributed by atoms with van der Waals surface area (Å²) in [6.45, 7) is 1.80. The van der Waals surface area contributed by atoms with Crippen LogP contribution in [-0.4, -0.2) is 57.0 Å². The molecule has 6 heteroatoms. The molecule has 4 rings (SSSR count). The Balaban J connectivity index is 1.47. The summed E-state index contributed by atoms with van der Waals surface area (Å²) in [4.78, 5) is 14.6. The van der Waals surface area contributed by atoms with Crippen molar-refractivity contribution in [1.82, 2.24) is 4.90 Å². The molecule has 0 spiro atoms. The highest BCUT2D eigenvalue weighted by atomic mass is 32.2. The van der Waals surface area contributed by atoms with Crippen molar-refractivity contribution in [2.45, 2.75) is 0 Å². The molecule has 3 aromatic carbocycles. The molecule has 0 aromatic heterocycles. The second-order valence-electron chi connectivity index (χ2n) is 6.86. The van der Waals surface area contributed by atoms with E-state index in [9.17, 15) is 13.2 Å². The number of hydrogen-bond donors (Lipinski definition) is 0. The summed E-state index contributed by atoms with van der Waals surface area (Å²) in [5.41, 5.74) is 0.555. The van der Waals surface area contributed by atoms with Gasteiger partial charge in [0, 0.05) is 19.6 Å². The quantitative estimate of drug-likeness (QED) is 0.512. The Bertz CT molecular complexity index is 1090. The molecule has 1 heterocycles. The van der Waals surface area contributed by atoms with Gasteiger partial charge in [-0.2, -0.15) is 0 Å². The van der Waals surface area contributed by atoms with Gasteiger partial charge in [0.05, 0.1) is 17.1 Å². The van der Waals surface area contributed by atoms with Crippen molar-refractivity contribution in [2.24, 2.45) is 0 Å². The number of fused-ring (bicyclic) bond motifs is 2. The van der Waals surface area contributed by atoms with Crippen molar-refractivity contribution in [3.63, 3.8) is 0 Å². The normalized spacial score (nSPS) is 17.2. The van der Waals surface area contributed by atoms with E-state index in [0.717, 1.165) is 21.5 Å². The standard InChI is InChI=1S/C21H21NO4S/c23-21(26-11-8-22-9-12-27(24,25)13-10-22)19-7-3-6-18-14-16-4-1-2-5-17(16)15-20(18)19/h1-7,14-15H,8-13H2. The fraction of sp³-hybridized carbons (Fsp3) is 0.286. The Labute approximate surface area is 158 Å². The third-order valence-electron chi connectivity index (χ3n) is 5.04. The van der Waals surface area contributed by atoms with E-state index < -0.39 is 9.84 Å². The first-order valence-electron chi connectivity index (χ1n) is 9.03. The zero-order chi connectivity index (χ0) is 18.9. The number of carbonyl (C=O) groups is 1. The first-order valence-corrected chi connectivity index (χ1v) is 10.9. The zero-order valence-corrected chi connectivity index (χ0v) is 15.7. The van der Waals surface area contributed by atoms with Gasteiger partial charge in [0.1, 0.15) is 6.61 Å². The predicted molar refractivity (Wildman–Crippen MR) is 107 cm³/mol. The predicted octanol–water partition coefficient (Wildman–Crippen LogP) is 2.88. The molecule has 0 amide bonds. The lowest BCUT2D eigenvalue weighted by atomic mass is 10.00. The van der Waals surface area contributed by atoms with E-state index in [1.54, 1.807) is 6.07 Å². The van der Waals surface area contributed by atoms with Crippen LogP contribution in [0, 0.1) is 0 Å². The van der Waals surface area contributed by atoms with Gasteiger partial charge in [0.25, 0.3) is 0 Å². The minimum atomic E-state index is -2.89. The van der Waals surface area contributed by atoms with Gasteiger partial charge in [0.15, 0.2) is 9.84 Å². The summed E-state index contributed by atoms with van der Waals surface area (Å²) >= 11 is 0. The van der Waals surface area contributed by atoms with Crippen molar-refractivity contribution in [2.75, 3.05) is 37.7 Å². The molecular formula is C21H21NO4S. The molecule has 0 aliphatic carbocycles. The number of esters is 1. The molecule has 1 saturated heterocycles. The van der Waals surface area contributed by atoms with Crippen LogP contribution in [0.25, 0.3) is 21.5 Å². The summed E-state index contributed by atoms with van der Waals surface area (Å²) in [7, 11) is -2.89. The van der Waals surface area contributed by atoms with Crippen molar-refractivity contribution < 1.29 is 17.9 Å². The lowest BCUT2D eigenvalue weighted by Gasteiger charge is -2.26.